The van der Waals surface area contributed by atoms with Crippen molar-refractivity contribution < 1.29 is 24.2 Å². The van der Waals surface area contributed by atoms with Crippen LogP contribution in [0.3, 0.4) is 0 Å². The summed E-state index contributed by atoms with van der Waals surface area (Å²) < 4.78 is 11.5. The van der Waals surface area contributed by atoms with Crippen molar-refractivity contribution in [3.63, 3.8) is 0 Å². The molecule has 5 N–H and O–H groups in total. The minimum absolute atomic E-state index is 0.0147. The van der Waals surface area contributed by atoms with Gasteiger partial charge in [0, 0.05) is 5.69 Å². The largest absolute Gasteiger partial charge is 0.493 e. The number of carbonyl (C=O) groups excluding carboxylic acids is 2. The van der Waals surface area contributed by atoms with E-state index in [0.29, 0.717) is 17.2 Å². The molecule has 1 atom stereocenters. The van der Waals surface area contributed by atoms with Gasteiger partial charge in [0.1, 0.15) is 17.5 Å². The molecule has 1 aromatic heterocycles. The lowest BCUT2D eigenvalue weighted by Crippen LogP contribution is -2.47. The molecule has 4 aromatic rings. The Morgan fingerprint density at radius 3 is 2.16 bits per heavy atom. The van der Waals surface area contributed by atoms with Gasteiger partial charge in [0.15, 0.2) is 0 Å². The van der Waals surface area contributed by atoms with E-state index < -0.39 is 29.4 Å². The number of anilines is 1. The number of hydrogen-bond acceptors (Lipinski definition) is 6. The van der Waals surface area contributed by atoms with E-state index in [2.05, 4.69) is 20.6 Å². The summed E-state index contributed by atoms with van der Waals surface area (Å²) in [5.74, 6) is -0.224. The van der Waals surface area contributed by atoms with Crippen LogP contribution in [0.15, 0.2) is 89.7 Å². The van der Waals surface area contributed by atoms with Gasteiger partial charge in [0.2, 0.25) is 17.7 Å². The molecule has 0 aliphatic rings. The quantitative estimate of drug-likeness (QED) is 0.213. The van der Waals surface area contributed by atoms with Crippen molar-refractivity contribution in [2.24, 2.45) is 0 Å². The number of aromatic amines is 2. The summed E-state index contributed by atoms with van der Waals surface area (Å²) in [7, 11) is 0. The molecule has 0 bridgehead atoms. The minimum atomic E-state index is -1.04. The van der Waals surface area contributed by atoms with Crippen molar-refractivity contribution >= 4 is 17.5 Å². The molecule has 1 heterocycles. The molecule has 190 valence electrons. The summed E-state index contributed by atoms with van der Waals surface area (Å²) >= 11 is 0. The van der Waals surface area contributed by atoms with E-state index in [-0.39, 0.29) is 25.3 Å². The second-order valence-electron chi connectivity index (χ2n) is 8.13. The lowest BCUT2D eigenvalue weighted by molar-refractivity contribution is -0.127. The van der Waals surface area contributed by atoms with E-state index in [1.165, 1.54) is 0 Å². The highest BCUT2D eigenvalue weighted by Crippen LogP contribution is 2.22. The van der Waals surface area contributed by atoms with E-state index >= 15 is 0 Å². The average Bonchev–Trinajstić information content (AvgIpc) is 3.21. The minimum Gasteiger partial charge on any atom is -0.493 e. The Morgan fingerprint density at radius 2 is 1.51 bits per heavy atom. The molecular formula is C27H26N4O6. The van der Waals surface area contributed by atoms with Crippen molar-refractivity contribution in [2.45, 2.75) is 19.1 Å². The number of amides is 2. The van der Waals surface area contributed by atoms with Gasteiger partial charge in [-0.2, -0.15) is 0 Å². The summed E-state index contributed by atoms with van der Waals surface area (Å²) in [6.07, 6.45) is -0.335. The van der Waals surface area contributed by atoms with E-state index in [1.54, 1.807) is 24.3 Å². The Hall–Kier alpha value is -4.83. The normalized spacial score (nSPS) is 11.5. The molecule has 0 saturated heterocycles. The Labute approximate surface area is 212 Å². The Balaban J connectivity index is 1.39. The van der Waals surface area contributed by atoms with Crippen LogP contribution in [0.1, 0.15) is 11.3 Å². The first-order valence-corrected chi connectivity index (χ1v) is 11.5. The molecule has 0 aliphatic heterocycles. The summed E-state index contributed by atoms with van der Waals surface area (Å²) in [4.78, 5) is 41.4. The number of nitrogens with one attached hydrogen (secondary N) is 4. The predicted molar refractivity (Wildman–Crippen MR) is 136 cm³/mol. The number of rotatable bonds is 11. The summed E-state index contributed by atoms with van der Waals surface area (Å²) in [5.41, 5.74) is 0.790. The lowest BCUT2D eigenvalue weighted by Gasteiger charge is -2.19. The Bertz CT molecular complexity index is 1370. The number of para-hydroxylation sites is 1. The first-order valence-electron chi connectivity index (χ1n) is 11.5. The zero-order chi connectivity index (χ0) is 26.0. The number of benzene rings is 3. The molecule has 37 heavy (non-hydrogen) atoms. The van der Waals surface area contributed by atoms with Gasteiger partial charge in [-0.1, -0.05) is 48.5 Å². The van der Waals surface area contributed by atoms with E-state index in [9.17, 15) is 19.5 Å². The van der Waals surface area contributed by atoms with Crippen molar-refractivity contribution in [2.75, 3.05) is 11.9 Å². The fourth-order valence-electron chi connectivity index (χ4n) is 3.46. The van der Waals surface area contributed by atoms with Crippen LogP contribution in [0.4, 0.5) is 5.69 Å². The summed E-state index contributed by atoms with van der Waals surface area (Å²) in [6.45, 7) is 0.148. The maximum absolute atomic E-state index is 13.0. The van der Waals surface area contributed by atoms with E-state index in [1.807, 2.05) is 60.7 Å². The second kappa shape index (κ2) is 12.2. The molecule has 0 saturated carbocycles. The fourth-order valence-corrected chi connectivity index (χ4v) is 3.46. The lowest BCUT2D eigenvalue weighted by atomic mass is 10.2. The molecule has 10 heteroatoms. The van der Waals surface area contributed by atoms with Crippen molar-refractivity contribution in [1.82, 2.24) is 15.3 Å². The molecule has 0 spiro atoms. The first kappa shape index (κ1) is 25.3. The fraction of sp³-hybridized carbons (Fsp3) is 0.148. The Kier molecular flexibility index (Phi) is 8.35. The highest BCUT2D eigenvalue weighted by Gasteiger charge is 2.23. The van der Waals surface area contributed by atoms with Crippen LogP contribution in [-0.2, 0) is 27.4 Å². The average molecular weight is 503 g/mol. The smallest absolute Gasteiger partial charge is 0.325 e. The monoisotopic (exact) mass is 502 g/mol. The molecule has 4 rings (SSSR count). The maximum Gasteiger partial charge on any atom is 0.325 e. The zero-order valence-electron chi connectivity index (χ0n) is 19.8. The molecule has 0 fully saturated rings. The van der Waals surface area contributed by atoms with Gasteiger partial charge in [-0.25, -0.2) is 4.79 Å². The van der Waals surface area contributed by atoms with Gasteiger partial charge in [0.05, 0.1) is 25.3 Å². The number of H-pyrrole nitrogens is 2. The van der Waals surface area contributed by atoms with Gasteiger partial charge < -0.3 is 30.2 Å². The van der Waals surface area contributed by atoms with Crippen LogP contribution in [0.25, 0.3) is 0 Å². The van der Waals surface area contributed by atoms with Gasteiger partial charge in [-0.05, 0) is 42.0 Å². The van der Waals surface area contributed by atoms with Gasteiger partial charge in [0.25, 0.3) is 0 Å². The molecule has 0 aliphatic carbocycles. The molecule has 10 nitrogen and oxygen atoms in total. The van der Waals surface area contributed by atoms with Crippen LogP contribution in [0, 0.1) is 0 Å². The topological polar surface area (TPSA) is 146 Å². The third kappa shape index (κ3) is 7.58. The van der Waals surface area contributed by atoms with E-state index in [0.717, 1.165) is 5.56 Å². The van der Waals surface area contributed by atoms with Crippen molar-refractivity contribution in [3.05, 3.63) is 107 Å². The number of aromatic nitrogens is 2. The van der Waals surface area contributed by atoms with E-state index in [4.69, 9.17) is 9.47 Å². The third-order valence-electron chi connectivity index (χ3n) is 5.27. The van der Waals surface area contributed by atoms with Crippen LogP contribution < -0.4 is 21.1 Å². The third-order valence-corrected chi connectivity index (χ3v) is 5.27. The number of ether oxygens (including phenoxy) is 2. The number of hydrogen-bond donors (Lipinski definition) is 5. The van der Waals surface area contributed by atoms with Crippen molar-refractivity contribution in [3.8, 4) is 17.4 Å². The molecule has 1 unspecified atom stereocenters. The first-order chi connectivity index (χ1) is 18.0. The SMILES string of the molecule is O=C(Cc1[nH]c(=O)[nH]c1O)NC(COCc1ccccc1)C(=O)Nc1ccc(Oc2ccccc2)cc1. The van der Waals surface area contributed by atoms with Crippen LogP contribution >= 0.6 is 0 Å². The number of imidazole rings is 1. The highest BCUT2D eigenvalue weighted by molar-refractivity contribution is 5.97. The van der Waals surface area contributed by atoms with Crippen LogP contribution in [0.5, 0.6) is 17.4 Å². The van der Waals surface area contributed by atoms with Gasteiger partial charge >= 0.3 is 5.69 Å². The van der Waals surface area contributed by atoms with Gasteiger partial charge in [-0.3, -0.25) is 14.6 Å². The second-order valence-corrected chi connectivity index (χ2v) is 8.13. The number of aromatic hydroxyl groups is 1. The molecule has 3 aromatic carbocycles. The maximum atomic E-state index is 13.0. The number of carbonyl (C=O) groups is 2. The Morgan fingerprint density at radius 1 is 0.865 bits per heavy atom. The van der Waals surface area contributed by atoms with Gasteiger partial charge in [-0.15, -0.1) is 0 Å². The van der Waals surface area contributed by atoms with Crippen LogP contribution in [-0.4, -0.2) is 39.5 Å². The molecule has 2 amide bonds. The zero-order valence-corrected chi connectivity index (χ0v) is 19.8. The standard InChI is InChI=1S/C27H26N4O6/c32-24(15-22-25(33)31-27(35)30-22)29-23(17-36-16-18-7-3-1-4-8-18)26(34)28-19-11-13-21(14-12-19)37-20-9-5-2-6-10-20/h1-14,23,33H,15-17H2,(H,28,34)(H,29,32)(H2,30,31,35). The highest BCUT2D eigenvalue weighted by atomic mass is 16.5. The summed E-state index contributed by atoms with van der Waals surface area (Å²) in [6, 6.07) is 24.5. The van der Waals surface area contributed by atoms with Crippen LogP contribution in [0.2, 0.25) is 0 Å². The predicted octanol–water partition coefficient (Wildman–Crippen LogP) is 3.08. The summed E-state index contributed by atoms with van der Waals surface area (Å²) in [5, 5.41) is 15.1. The molecule has 0 radical (unpaired) electrons. The molecular weight excluding hydrogens is 476 g/mol. The van der Waals surface area contributed by atoms with Crippen molar-refractivity contribution in [1.29, 1.82) is 0 Å².